The van der Waals surface area contributed by atoms with Crippen LogP contribution in [0.4, 0.5) is 0 Å². The molecular formula is C13H9Cl2N3S. The largest absolute Gasteiger partial charge is 0.272 e. The third kappa shape index (κ3) is 2.71. The Morgan fingerprint density at radius 3 is 2.89 bits per heavy atom. The van der Waals surface area contributed by atoms with Gasteiger partial charge in [-0.25, -0.2) is 4.98 Å². The summed E-state index contributed by atoms with van der Waals surface area (Å²) in [5, 5.41) is 1.16. The molecule has 2 aromatic heterocycles. The van der Waals surface area contributed by atoms with Crippen LogP contribution in [0.1, 0.15) is 5.56 Å². The molecule has 0 aliphatic carbocycles. The van der Waals surface area contributed by atoms with Crippen molar-refractivity contribution in [1.82, 2.24) is 13.9 Å². The fraction of sp³-hybridized carbons (Fsp3) is 0.0769. The van der Waals surface area contributed by atoms with Crippen LogP contribution in [0.25, 0.3) is 11.0 Å². The van der Waals surface area contributed by atoms with E-state index in [0.717, 1.165) is 22.3 Å². The van der Waals surface area contributed by atoms with Gasteiger partial charge < -0.3 is 0 Å². The number of imidazole rings is 1. The molecule has 2 heterocycles. The summed E-state index contributed by atoms with van der Waals surface area (Å²) < 4.78 is 2.03. The topological polar surface area (TPSA) is 30.7 Å². The molecule has 0 saturated carbocycles. The normalized spacial score (nSPS) is 11.1. The highest BCUT2D eigenvalue weighted by atomic mass is 35.5. The fourth-order valence-corrected chi connectivity index (χ4v) is 2.91. The van der Waals surface area contributed by atoms with Crippen molar-refractivity contribution >= 4 is 46.2 Å². The lowest BCUT2D eigenvalue weighted by Crippen LogP contribution is -1.88. The zero-order chi connectivity index (χ0) is 13.2. The van der Waals surface area contributed by atoms with Crippen molar-refractivity contribution in [2.75, 3.05) is 0 Å². The Kier molecular flexibility index (Phi) is 3.64. The van der Waals surface area contributed by atoms with Gasteiger partial charge >= 0.3 is 0 Å². The Morgan fingerprint density at radius 2 is 2.05 bits per heavy atom. The quantitative estimate of drug-likeness (QED) is 0.717. The van der Waals surface area contributed by atoms with Crippen molar-refractivity contribution in [2.45, 2.75) is 5.75 Å². The Bertz CT molecular complexity index is 727. The number of hydrogen-bond acceptors (Lipinski definition) is 3. The third-order valence-corrected chi connectivity index (χ3v) is 4.44. The lowest BCUT2D eigenvalue weighted by molar-refractivity contribution is 1.25. The van der Waals surface area contributed by atoms with Crippen LogP contribution in [0.3, 0.4) is 0 Å². The van der Waals surface area contributed by atoms with Gasteiger partial charge in [-0.15, -0.1) is 0 Å². The molecule has 0 aliphatic heterocycles. The van der Waals surface area contributed by atoms with Crippen LogP contribution in [-0.2, 0) is 5.75 Å². The van der Waals surface area contributed by atoms with E-state index in [4.69, 9.17) is 23.2 Å². The van der Waals surface area contributed by atoms with Crippen LogP contribution in [0.2, 0.25) is 10.0 Å². The summed E-state index contributed by atoms with van der Waals surface area (Å²) in [5.41, 5.74) is 3.07. The SMILES string of the molecule is Clc1ccc(CSn2cnc3cnccc32)cc1Cl. The highest BCUT2D eigenvalue weighted by Gasteiger charge is 2.04. The molecule has 3 rings (SSSR count). The van der Waals surface area contributed by atoms with Crippen LogP contribution in [-0.4, -0.2) is 13.9 Å². The van der Waals surface area contributed by atoms with Gasteiger partial charge in [0.1, 0.15) is 11.8 Å². The van der Waals surface area contributed by atoms with Crippen molar-refractivity contribution in [1.29, 1.82) is 0 Å². The molecule has 0 spiro atoms. The average Bonchev–Trinajstić information content (AvgIpc) is 2.83. The smallest absolute Gasteiger partial charge is 0.108 e. The molecule has 3 nitrogen and oxygen atoms in total. The summed E-state index contributed by atoms with van der Waals surface area (Å²) in [7, 11) is 0. The lowest BCUT2D eigenvalue weighted by atomic mass is 10.2. The molecule has 0 unspecified atom stereocenters. The van der Waals surface area contributed by atoms with E-state index in [1.54, 1.807) is 30.7 Å². The van der Waals surface area contributed by atoms with Crippen molar-refractivity contribution < 1.29 is 0 Å². The first-order valence-corrected chi connectivity index (χ1v) is 7.28. The average molecular weight is 310 g/mol. The molecule has 19 heavy (non-hydrogen) atoms. The van der Waals surface area contributed by atoms with Gasteiger partial charge in [0.2, 0.25) is 0 Å². The van der Waals surface area contributed by atoms with E-state index in [0.29, 0.717) is 10.0 Å². The highest BCUT2D eigenvalue weighted by molar-refractivity contribution is 7.97. The molecular weight excluding hydrogens is 301 g/mol. The fourth-order valence-electron chi connectivity index (χ4n) is 1.72. The van der Waals surface area contributed by atoms with Crippen molar-refractivity contribution in [3.63, 3.8) is 0 Å². The summed E-state index contributed by atoms with van der Waals surface area (Å²) in [5.74, 6) is 0.796. The van der Waals surface area contributed by atoms with E-state index in [9.17, 15) is 0 Å². The molecule has 3 aromatic rings. The minimum absolute atomic E-state index is 0.578. The van der Waals surface area contributed by atoms with E-state index in [1.165, 1.54) is 0 Å². The monoisotopic (exact) mass is 309 g/mol. The van der Waals surface area contributed by atoms with Gasteiger partial charge in [0.15, 0.2) is 0 Å². The molecule has 96 valence electrons. The molecule has 0 bridgehead atoms. The first-order chi connectivity index (χ1) is 9.24. The van der Waals surface area contributed by atoms with Gasteiger partial charge in [-0.3, -0.25) is 8.96 Å². The third-order valence-electron chi connectivity index (χ3n) is 2.67. The number of halogens is 2. The molecule has 0 saturated heterocycles. The second-order valence-corrected chi connectivity index (χ2v) is 5.71. The van der Waals surface area contributed by atoms with Gasteiger partial charge in [-0.05, 0) is 35.7 Å². The molecule has 0 amide bonds. The minimum atomic E-state index is 0.578. The highest BCUT2D eigenvalue weighted by Crippen LogP contribution is 2.26. The predicted octanol–water partition coefficient (Wildman–Crippen LogP) is 4.43. The molecule has 0 fully saturated rings. The lowest BCUT2D eigenvalue weighted by Gasteiger charge is -2.04. The van der Waals surface area contributed by atoms with Gasteiger partial charge in [-0.2, -0.15) is 0 Å². The minimum Gasteiger partial charge on any atom is -0.272 e. The van der Waals surface area contributed by atoms with E-state index in [-0.39, 0.29) is 0 Å². The van der Waals surface area contributed by atoms with E-state index >= 15 is 0 Å². The maximum Gasteiger partial charge on any atom is 0.108 e. The number of fused-ring (bicyclic) bond motifs is 1. The van der Waals surface area contributed by atoms with Crippen molar-refractivity contribution in [3.8, 4) is 0 Å². The van der Waals surface area contributed by atoms with Crippen LogP contribution in [0.5, 0.6) is 0 Å². The van der Waals surface area contributed by atoms with E-state index < -0.39 is 0 Å². The zero-order valence-electron chi connectivity index (χ0n) is 9.75. The number of pyridine rings is 1. The first kappa shape index (κ1) is 12.8. The number of benzene rings is 1. The Morgan fingerprint density at radius 1 is 1.16 bits per heavy atom. The Labute approximate surface area is 124 Å². The summed E-state index contributed by atoms with van der Waals surface area (Å²) in [6.07, 6.45) is 5.32. The standard InChI is InChI=1S/C13H9Cl2N3S/c14-10-2-1-9(5-11(10)15)7-19-18-8-17-12-6-16-4-3-13(12)18/h1-6,8H,7H2. The summed E-state index contributed by atoms with van der Waals surface area (Å²) >= 11 is 13.5. The summed E-state index contributed by atoms with van der Waals surface area (Å²) in [6.45, 7) is 0. The van der Waals surface area contributed by atoms with Gasteiger partial charge in [0.05, 0.1) is 21.8 Å². The predicted molar refractivity (Wildman–Crippen MR) is 80.7 cm³/mol. The van der Waals surface area contributed by atoms with Gasteiger partial charge in [0, 0.05) is 11.9 Å². The number of nitrogens with zero attached hydrogens (tertiary/aromatic N) is 3. The molecule has 6 heteroatoms. The maximum absolute atomic E-state index is 6.00. The zero-order valence-corrected chi connectivity index (χ0v) is 12.1. The molecule has 0 atom stereocenters. The van der Waals surface area contributed by atoms with E-state index in [1.807, 2.05) is 28.2 Å². The number of aromatic nitrogens is 3. The summed E-state index contributed by atoms with van der Waals surface area (Å²) in [4.78, 5) is 8.34. The van der Waals surface area contributed by atoms with Crippen LogP contribution >= 0.6 is 35.1 Å². The second-order valence-electron chi connectivity index (χ2n) is 3.96. The first-order valence-electron chi connectivity index (χ1n) is 5.58. The second kappa shape index (κ2) is 5.41. The summed E-state index contributed by atoms with van der Waals surface area (Å²) in [6, 6.07) is 7.62. The Balaban J connectivity index is 1.80. The van der Waals surface area contributed by atoms with Crippen molar-refractivity contribution in [3.05, 3.63) is 58.6 Å². The van der Waals surface area contributed by atoms with Gasteiger partial charge in [0.25, 0.3) is 0 Å². The molecule has 0 radical (unpaired) electrons. The number of rotatable bonds is 3. The van der Waals surface area contributed by atoms with Crippen molar-refractivity contribution in [2.24, 2.45) is 0 Å². The number of hydrogen-bond donors (Lipinski definition) is 0. The maximum atomic E-state index is 6.00. The molecule has 0 aliphatic rings. The van der Waals surface area contributed by atoms with Crippen LogP contribution in [0, 0.1) is 0 Å². The van der Waals surface area contributed by atoms with Crippen LogP contribution in [0.15, 0.2) is 43.0 Å². The molecule has 1 aromatic carbocycles. The van der Waals surface area contributed by atoms with Gasteiger partial charge in [-0.1, -0.05) is 29.3 Å². The molecule has 0 N–H and O–H groups in total. The van der Waals surface area contributed by atoms with E-state index in [2.05, 4.69) is 9.97 Å². The van der Waals surface area contributed by atoms with Crippen LogP contribution < -0.4 is 0 Å². The Hall–Kier alpha value is -1.23.